The molecule has 15 heavy (non-hydrogen) atoms. The normalized spacial score (nSPS) is 25.9. The second kappa shape index (κ2) is 4.33. The second-order valence-electron chi connectivity index (χ2n) is 4.52. The number of benzene rings is 1. The summed E-state index contributed by atoms with van der Waals surface area (Å²) in [5.41, 5.74) is 0.256. The van der Waals surface area contributed by atoms with Crippen molar-refractivity contribution in [3.63, 3.8) is 0 Å². The predicted octanol–water partition coefficient (Wildman–Crippen LogP) is 2.04. The van der Waals surface area contributed by atoms with Crippen LogP contribution in [0.1, 0.15) is 31.7 Å². The van der Waals surface area contributed by atoms with Crippen LogP contribution in [0.3, 0.4) is 0 Å². The lowest BCUT2D eigenvalue weighted by Crippen LogP contribution is -2.49. The molecule has 0 bridgehead atoms. The van der Waals surface area contributed by atoms with E-state index in [4.69, 9.17) is 0 Å². The maximum atomic E-state index is 10.5. The maximum Gasteiger partial charge on any atom is 0.102 e. The third-order valence-corrected chi connectivity index (χ3v) is 3.35. The Labute approximate surface area is 91.3 Å². The Bertz CT molecular complexity index is 302. The third-order valence-electron chi connectivity index (χ3n) is 3.35. The molecule has 2 N–H and O–H groups in total. The summed E-state index contributed by atoms with van der Waals surface area (Å²) >= 11 is 0. The molecule has 0 radical (unpaired) electrons. The van der Waals surface area contributed by atoms with Crippen LogP contribution in [0.15, 0.2) is 30.3 Å². The Morgan fingerprint density at radius 1 is 1.27 bits per heavy atom. The molecule has 0 spiro atoms. The van der Waals surface area contributed by atoms with Gasteiger partial charge in [-0.05, 0) is 31.9 Å². The molecule has 1 aliphatic rings. The average Bonchev–Trinajstić information content (AvgIpc) is 2.31. The van der Waals surface area contributed by atoms with Gasteiger partial charge in [0.1, 0.15) is 5.60 Å². The van der Waals surface area contributed by atoms with E-state index in [0.29, 0.717) is 0 Å². The van der Waals surface area contributed by atoms with Crippen molar-refractivity contribution in [2.75, 3.05) is 6.54 Å². The summed E-state index contributed by atoms with van der Waals surface area (Å²) in [4.78, 5) is 0. The third kappa shape index (κ3) is 2.21. The molecule has 0 aromatic heterocycles. The summed E-state index contributed by atoms with van der Waals surface area (Å²) in [6.07, 6.45) is 3.49. The van der Waals surface area contributed by atoms with Gasteiger partial charge in [-0.2, -0.15) is 0 Å². The lowest BCUT2D eigenvalue weighted by molar-refractivity contribution is 0.00568. The van der Waals surface area contributed by atoms with E-state index in [9.17, 15) is 5.11 Å². The fourth-order valence-corrected chi connectivity index (χ4v) is 2.31. The summed E-state index contributed by atoms with van der Waals surface area (Å²) in [7, 11) is 0. The van der Waals surface area contributed by atoms with Gasteiger partial charge in [-0.1, -0.05) is 36.8 Å². The molecule has 1 fully saturated rings. The number of rotatable bonds is 2. The van der Waals surface area contributed by atoms with Gasteiger partial charge < -0.3 is 10.4 Å². The van der Waals surface area contributed by atoms with Gasteiger partial charge in [0.15, 0.2) is 0 Å². The lowest BCUT2D eigenvalue weighted by Gasteiger charge is -2.36. The number of aliphatic hydroxyl groups is 1. The van der Waals surface area contributed by atoms with Crippen LogP contribution >= 0.6 is 0 Å². The molecule has 0 amide bonds. The molecule has 0 aliphatic carbocycles. The van der Waals surface area contributed by atoms with Gasteiger partial charge in [-0.15, -0.1) is 0 Å². The number of nitrogens with one attached hydrogen (secondary N) is 1. The molecule has 1 aliphatic heterocycles. The quantitative estimate of drug-likeness (QED) is 0.774. The standard InChI is InChI=1S/C13H19NO/c1-13(15,11-7-3-2-4-8-11)12-9-5-6-10-14-12/h2-4,7-8,12,14-15H,5-6,9-10H2,1H3. The molecule has 1 heterocycles. The molecule has 2 atom stereocenters. The molecule has 1 saturated heterocycles. The Kier molecular flexibility index (Phi) is 3.08. The minimum atomic E-state index is -0.748. The summed E-state index contributed by atoms with van der Waals surface area (Å²) in [5.74, 6) is 0. The van der Waals surface area contributed by atoms with Gasteiger partial charge in [0.05, 0.1) is 0 Å². The van der Waals surface area contributed by atoms with Gasteiger partial charge in [-0.25, -0.2) is 0 Å². The highest BCUT2D eigenvalue weighted by atomic mass is 16.3. The van der Waals surface area contributed by atoms with Gasteiger partial charge in [0.25, 0.3) is 0 Å². The smallest absolute Gasteiger partial charge is 0.102 e. The Morgan fingerprint density at radius 2 is 2.00 bits per heavy atom. The van der Waals surface area contributed by atoms with E-state index in [2.05, 4.69) is 5.32 Å². The first-order chi connectivity index (χ1) is 7.21. The van der Waals surface area contributed by atoms with E-state index in [-0.39, 0.29) is 6.04 Å². The first-order valence-electron chi connectivity index (χ1n) is 5.72. The van der Waals surface area contributed by atoms with E-state index in [1.807, 2.05) is 37.3 Å². The van der Waals surface area contributed by atoms with Crippen LogP contribution in [0, 0.1) is 0 Å². The zero-order valence-corrected chi connectivity index (χ0v) is 9.24. The Balaban J connectivity index is 2.18. The highest BCUT2D eigenvalue weighted by Gasteiger charge is 2.33. The predicted molar refractivity (Wildman–Crippen MR) is 61.7 cm³/mol. The molecule has 1 aromatic carbocycles. The minimum Gasteiger partial charge on any atom is -0.384 e. The Morgan fingerprint density at radius 3 is 2.60 bits per heavy atom. The molecule has 2 rings (SSSR count). The van der Waals surface area contributed by atoms with Crippen molar-refractivity contribution in [2.45, 2.75) is 37.8 Å². The van der Waals surface area contributed by atoms with Crippen LogP contribution in [0.2, 0.25) is 0 Å². The van der Waals surface area contributed by atoms with Crippen molar-refractivity contribution in [2.24, 2.45) is 0 Å². The molecule has 2 heteroatoms. The van der Waals surface area contributed by atoms with Crippen molar-refractivity contribution in [3.05, 3.63) is 35.9 Å². The van der Waals surface area contributed by atoms with Crippen molar-refractivity contribution in [1.82, 2.24) is 5.32 Å². The fourth-order valence-electron chi connectivity index (χ4n) is 2.31. The topological polar surface area (TPSA) is 32.3 Å². The van der Waals surface area contributed by atoms with E-state index >= 15 is 0 Å². The van der Waals surface area contributed by atoms with Crippen LogP contribution in [0.5, 0.6) is 0 Å². The van der Waals surface area contributed by atoms with E-state index in [0.717, 1.165) is 18.5 Å². The van der Waals surface area contributed by atoms with Gasteiger partial charge in [-0.3, -0.25) is 0 Å². The molecular formula is C13H19NO. The molecule has 1 aromatic rings. The van der Waals surface area contributed by atoms with Crippen LogP contribution < -0.4 is 5.32 Å². The van der Waals surface area contributed by atoms with Crippen molar-refractivity contribution >= 4 is 0 Å². The molecule has 0 saturated carbocycles. The molecule has 2 unspecified atom stereocenters. The van der Waals surface area contributed by atoms with Crippen LogP contribution in [-0.4, -0.2) is 17.7 Å². The van der Waals surface area contributed by atoms with Gasteiger partial charge >= 0.3 is 0 Å². The number of hydrogen-bond donors (Lipinski definition) is 2. The van der Waals surface area contributed by atoms with E-state index in [1.165, 1.54) is 12.8 Å². The lowest BCUT2D eigenvalue weighted by atomic mass is 9.84. The van der Waals surface area contributed by atoms with E-state index < -0.39 is 5.60 Å². The zero-order chi connectivity index (χ0) is 10.7. The number of hydrogen-bond acceptors (Lipinski definition) is 2. The largest absolute Gasteiger partial charge is 0.384 e. The Hall–Kier alpha value is -0.860. The van der Waals surface area contributed by atoms with Crippen molar-refractivity contribution in [1.29, 1.82) is 0 Å². The zero-order valence-electron chi connectivity index (χ0n) is 9.24. The SMILES string of the molecule is CC(O)(c1ccccc1)C1CCCCN1. The summed E-state index contributed by atoms with van der Waals surface area (Å²) in [6, 6.07) is 10.1. The number of piperidine rings is 1. The summed E-state index contributed by atoms with van der Waals surface area (Å²) < 4.78 is 0. The average molecular weight is 205 g/mol. The highest BCUT2D eigenvalue weighted by molar-refractivity contribution is 5.23. The van der Waals surface area contributed by atoms with Crippen molar-refractivity contribution in [3.8, 4) is 0 Å². The summed E-state index contributed by atoms with van der Waals surface area (Å²) in [5, 5.41) is 14.0. The molecule has 2 nitrogen and oxygen atoms in total. The first kappa shape index (κ1) is 10.7. The van der Waals surface area contributed by atoms with E-state index in [1.54, 1.807) is 0 Å². The summed E-state index contributed by atoms with van der Waals surface area (Å²) in [6.45, 7) is 2.93. The minimum absolute atomic E-state index is 0.189. The monoisotopic (exact) mass is 205 g/mol. The van der Waals surface area contributed by atoms with Crippen LogP contribution in [-0.2, 0) is 5.60 Å². The van der Waals surface area contributed by atoms with Gasteiger partial charge in [0.2, 0.25) is 0 Å². The molecule has 82 valence electrons. The van der Waals surface area contributed by atoms with Crippen LogP contribution in [0.4, 0.5) is 0 Å². The second-order valence-corrected chi connectivity index (χ2v) is 4.52. The van der Waals surface area contributed by atoms with Crippen LogP contribution in [0.25, 0.3) is 0 Å². The first-order valence-corrected chi connectivity index (χ1v) is 5.72. The fraction of sp³-hybridized carbons (Fsp3) is 0.538. The maximum absolute atomic E-state index is 10.5. The van der Waals surface area contributed by atoms with Crippen molar-refractivity contribution < 1.29 is 5.11 Å². The van der Waals surface area contributed by atoms with Gasteiger partial charge in [0, 0.05) is 6.04 Å². The molecular weight excluding hydrogens is 186 g/mol. The highest BCUT2D eigenvalue weighted by Crippen LogP contribution is 2.28.